The molecule has 0 saturated carbocycles. The fourth-order valence-electron chi connectivity index (χ4n) is 9.12. The van der Waals surface area contributed by atoms with Crippen molar-refractivity contribution in [2.24, 2.45) is 4.99 Å². The van der Waals surface area contributed by atoms with Gasteiger partial charge in [0.2, 0.25) is 0 Å². The van der Waals surface area contributed by atoms with E-state index in [2.05, 4.69) is 175 Å². The van der Waals surface area contributed by atoms with Crippen LogP contribution in [0.1, 0.15) is 50.5 Å². The molecule has 1 unspecified atom stereocenters. The number of fused-ring (bicyclic) bond motifs is 10. The zero-order valence-electron chi connectivity index (χ0n) is 30.3. The predicted octanol–water partition coefficient (Wildman–Crippen LogP) is 12.3. The SMILES string of the molecule is N#Cc1cccc(-c2cccc(C3N=C(c4ccc(-c5ccc6c(c5)C5(c7ccccc7O6)c6ccccc6-c6ccccc65)cc4)Nc4ccccc43)c2)c1. The van der Waals surface area contributed by atoms with Gasteiger partial charge in [0.05, 0.1) is 17.0 Å². The van der Waals surface area contributed by atoms with E-state index in [4.69, 9.17) is 9.73 Å². The average Bonchev–Trinajstić information content (AvgIpc) is 3.56. The second-order valence-corrected chi connectivity index (χ2v) is 14.6. The highest BCUT2D eigenvalue weighted by Gasteiger charge is 2.51. The highest BCUT2D eigenvalue weighted by Crippen LogP contribution is 2.62. The summed E-state index contributed by atoms with van der Waals surface area (Å²) in [4.78, 5) is 5.34. The van der Waals surface area contributed by atoms with Crippen LogP contribution in [-0.4, -0.2) is 5.84 Å². The van der Waals surface area contributed by atoms with Crippen molar-refractivity contribution in [3.63, 3.8) is 0 Å². The number of nitrogens with zero attached hydrogens (tertiary/aromatic N) is 2. The molecule has 0 radical (unpaired) electrons. The topological polar surface area (TPSA) is 57.4 Å². The molecule has 2 aliphatic heterocycles. The molecule has 3 aliphatic rings. The summed E-state index contributed by atoms with van der Waals surface area (Å²) in [6.07, 6.45) is 0. The molecule has 11 rings (SSSR count). The number of nitrogens with one attached hydrogen (secondary N) is 1. The van der Waals surface area contributed by atoms with Crippen molar-refractivity contribution in [2.75, 3.05) is 5.32 Å². The Morgan fingerprint density at radius 1 is 0.500 bits per heavy atom. The molecular formula is C52H33N3O. The van der Waals surface area contributed by atoms with E-state index >= 15 is 0 Å². The van der Waals surface area contributed by atoms with E-state index in [1.54, 1.807) is 0 Å². The molecule has 0 saturated heterocycles. The van der Waals surface area contributed by atoms with Crippen molar-refractivity contribution < 1.29 is 4.74 Å². The lowest BCUT2D eigenvalue weighted by Gasteiger charge is -2.39. The van der Waals surface area contributed by atoms with Crippen LogP contribution < -0.4 is 10.1 Å². The van der Waals surface area contributed by atoms with Crippen LogP contribution in [0.15, 0.2) is 193 Å². The minimum atomic E-state index is -0.508. The molecule has 262 valence electrons. The Morgan fingerprint density at radius 3 is 1.89 bits per heavy atom. The molecular weight excluding hydrogens is 683 g/mol. The quantitative estimate of drug-likeness (QED) is 0.197. The molecule has 1 atom stereocenters. The lowest BCUT2D eigenvalue weighted by atomic mass is 9.66. The summed E-state index contributed by atoms with van der Waals surface area (Å²) >= 11 is 0. The molecule has 1 spiro atoms. The number of para-hydroxylation sites is 2. The highest BCUT2D eigenvalue weighted by molar-refractivity contribution is 6.10. The first kappa shape index (κ1) is 32.0. The normalized spacial score (nSPS) is 15.1. The largest absolute Gasteiger partial charge is 0.457 e. The van der Waals surface area contributed by atoms with Gasteiger partial charge in [-0.2, -0.15) is 5.26 Å². The minimum absolute atomic E-state index is 0.196. The van der Waals surface area contributed by atoms with Crippen molar-refractivity contribution in [3.8, 4) is 50.9 Å². The third-order valence-corrected chi connectivity index (χ3v) is 11.6. The van der Waals surface area contributed by atoms with Gasteiger partial charge in [-0.3, -0.25) is 4.99 Å². The van der Waals surface area contributed by atoms with Gasteiger partial charge in [0.1, 0.15) is 23.4 Å². The Bertz CT molecular complexity index is 2910. The van der Waals surface area contributed by atoms with Crippen LogP contribution in [0.25, 0.3) is 33.4 Å². The van der Waals surface area contributed by atoms with Crippen LogP contribution in [-0.2, 0) is 5.41 Å². The number of hydrogen-bond acceptors (Lipinski definition) is 4. The molecule has 8 aromatic carbocycles. The average molecular weight is 716 g/mol. The molecule has 56 heavy (non-hydrogen) atoms. The lowest BCUT2D eigenvalue weighted by Crippen LogP contribution is -2.32. The Balaban J connectivity index is 0.989. The van der Waals surface area contributed by atoms with Gasteiger partial charge in [-0.05, 0) is 92.5 Å². The first-order valence-electron chi connectivity index (χ1n) is 19.0. The number of amidine groups is 1. The third-order valence-electron chi connectivity index (χ3n) is 11.6. The Labute approximate surface area is 325 Å². The fourth-order valence-corrected chi connectivity index (χ4v) is 9.12. The summed E-state index contributed by atoms with van der Waals surface area (Å²) in [6.45, 7) is 0. The molecule has 1 N–H and O–H groups in total. The molecule has 0 bridgehead atoms. The van der Waals surface area contributed by atoms with Gasteiger partial charge in [-0.25, -0.2) is 0 Å². The van der Waals surface area contributed by atoms with Crippen molar-refractivity contribution in [3.05, 3.63) is 233 Å². The second-order valence-electron chi connectivity index (χ2n) is 14.6. The van der Waals surface area contributed by atoms with E-state index in [0.717, 1.165) is 73.1 Å². The summed E-state index contributed by atoms with van der Waals surface area (Å²) in [7, 11) is 0. The van der Waals surface area contributed by atoms with Crippen LogP contribution in [0, 0.1) is 11.3 Å². The summed E-state index contributed by atoms with van der Waals surface area (Å²) < 4.78 is 6.66. The van der Waals surface area contributed by atoms with Gasteiger partial charge in [-0.1, -0.05) is 146 Å². The van der Waals surface area contributed by atoms with Gasteiger partial charge in [0, 0.05) is 27.9 Å². The van der Waals surface area contributed by atoms with Crippen LogP contribution in [0.2, 0.25) is 0 Å². The maximum Gasteiger partial charge on any atom is 0.133 e. The van der Waals surface area contributed by atoms with Crippen LogP contribution in [0.4, 0.5) is 5.69 Å². The number of aliphatic imine (C=N–C) groups is 1. The molecule has 4 heteroatoms. The fraction of sp³-hybridized carbons (Fsp3) is 0.0385. The van der Waals surface area contributed by atoms with E-state index in [-0.39, 0.29) is 6.04 Å². The van der Waals surface area contributed by atoms with Crippen molar-refractivity contribution >= 4 is 11.5 Å². The van der Waals surface area contributed by atoms with Gasteiger partial charge < -0.3 is 10.1 Å². The van der Waals surface area contributed by atoms with Gasteiger partial charge in [-0.15, -0.1) is 0 Å². The number of anilines is 1. The van der Waals surface area contributed by atoms with E-state index in [9.17, 15) is 5.26 Å². The monoisotopic (exact) mass is 715 g/mol. The van der Waals surface area contributed by atoms with Crippen LogP contribution in [0.5, 0.6) is 11.5 Å². The zero-order valence-corrected chi connectivity index (χ0v) is 30.3. The smallest absolute Gasteiger partial charge is 0.133 e. The summed E-state index contributed by atoms with van der Waals surface area (Å²) in [5, 5.41) is 13.1. The van der Waals surface area contributed by atoms with Crippen LogP contribution >= 0.6 is 0 Å². The van der Waals surface area contributed by atoms with Crippen molar-refractivity contribution in [2.45, 2.75) is 11.5 Å². The Morgan fingerprint density at radius 2 is 1.11 bits per heavy atom. The Hall–Kier alpha value is -7.48. The lowest BCUT2D eigenvalue weighted by molar-refractivity contribution is 0.436. The maximum atomic E-state index is 9.50. The summed E-state index contributed by atoms with van der Waals surface area (Å²) in [6, 6.07) is 68.2. The molecule has 2 heterocycles. The minimum Gasteiger partial charge on any atom is -0.457 e. The molecule has 0 amide bonds. The van der Waals surface area contributed by atoms with Crippen LogP contribution in [0.3, 0.4) is 0 Å². The zero-order chi connectivity index (χ0) is 37.2. The van der Waals surface area contributed by atoms with E-state index in [1.807, 2.05) is 24.3 Å². The van der Waals surface area contributed by atoms with Gasteiger partial charge >= 0.3 is 0 Å². The number of nitriles is 1. The number of ether oxygens (including phenoxy) is 1. The molecule has 0 aromatic heterocycles. The second kappa shape index (κ2) is 12.6. The Kier molecular flexibility index (Phi) is 7.17. The van der Waals surface area contributed by atoms with Gasteiger partial charge in [0.25, 0.3) is 0 Å². The third kappa shape index (κ3) is 4.81. The first-order chi connectivity index (χ1) is 27.7. The van der Waals surface area contributed by atoms with E-state index in [0.29, 0.717) is 5.56 Å². The van der Waals surface area contributed by atoms with E-state index in [1.165, 1.54) is 22.3 Å². The highest BCUT2D eigenvalue weighted by atomic mass is 16.5. The molecule has 1 aliphatic carbocycles. The maximum absolute atomic E-state index is 9.50. The predicted molar refractivity (Wildman–Crippen MR) is 224 cm³/mol. The summed E-state index contributed by atoms with van der Waals surface area (Å²) in [5.41, 5.74) is 16.1. The molecule has 4 nitrogen and oxygen atoms in total. The number of rotatable bonds is 4. The van der Waals surface area contributed by atoms with E-state index < -0.39 is 5.41 Å². The first-order valence-corrected chi connectivity index (χ1v) is 19.0. The standard InChI is InChI=1S/C52H33N3O/c53-32-33-11-9-12-36(29-33)37-13-10-14-39(30-37)50-42-17-3-7-21-47(42)54-51(55-50)35-25-23-34(24-26-35)38-27-28-49-46(31-38)52(45-20-6-8-22-48(45)56-49)43-18-4-1-15-40(43)41-16-2-5-19-44(41)52/h1-31,50H,(H,54,55). The summed E-state index contributed by atoms with van der Waals surface area (Å²) in [5.74, 6) is 2.60. The van der Waals surface area contributed by atoms with Crippen molar-refractivity contribution in [1.29, 1.82) is 5.26 Å². The number of benzene rings is 8. The molecule has 0 fully saturated rings. The van der Waals surface area contributed by atoms with Gasteiger partial charge in [0.15, 0.2) is 0 Å². The molecule has 8 aromatic rings. The number of hydrogen-bond donors (Lipinski definition) is 1. The van der Waals surface area contributed by atoms with Crippen molar-refractivity contribution in [1.82, 2.24) is 0 Å².